The maximum Gasteiger partial charge on any atom is 0.246 e. The second-order valence-electron chi connectivity index (χ2n) is 7.94. The smallest absolute Gasteiger partial charge is 0.246 e. The maximum absolute atomic E-state index is 11.9. The summed E-state index contributed by atoms with van der Waals surface area (Å²) in [7, 11) is 0. The molecular weight excluding hydrogens is 328 g/mol. The highest BCUT2D eigenvalue weighted by atomic mass is 16.5. The third kappa shape index (κ3) is 3.53. The molecule has 0 aliphatic carbocycles. The third-order valence-electron chi connectivity index (χ3n) is 6.39. The fraction of sp³-hybridized carbons (Fsp3) is 0.667. The van der Waals surface area contributed by atoms with Crippen molar-refractivity contribution in [1.82, 2.24) is 10.2 Å². The van der Waals surface area contributed by atoms with Crippen LogP contribution in [0.15, 0.2) is 30.3 Å². The van der Waals surface area contributed by atoms with E-state index < -0.39 is 0 Å². The lowest BCUT2D eigenvalue weighted by Gasteiger charge is -2.29. The predicted octanol–water partition coefficient (Wildman–Crippen LogP) is 1.86. The van der Waals surface area contributed by atoms with E-state index in [2.05, 4.69) is 40.5 Å². The lowest BCUT2D eigenvalue weighted by atomic mass is 9.73. The molecule has 1 amide bonds. The van der Waals surface area contributed by atoms with Gasteiger partial charge in [-0.15, -0.1) is 0 Å². The van der Waals surface area contributed by atoms with Gasteiger partial charge in [-0.25, -0.2) is 0 Å². The highest BCUT2D eigenvalue weighted by Crippen LogP contribution is 2.54. The Hall–Kier alpha value is -1.43. The summed E-state index contributed by atoms with van der Waals surface area (Å²) in [5.74, 6) is 0.975. The summed E-state index contributed by atoms with van der Waals surface area (Å²) in [5.41, 5.74) is 1.43. The molecule has 5 nitrogen and oxygen atoms in total. The van der Waals surface area contributed by atoms with Crippen LogP contribution < -0.4 is 5.32 Å². The van der Waals surface area contributed by atoms with Crippen LogP contribution in [0.2, 0.25) is 0 Å². The van der Waals surface area contributed by atoms with Crippen LogP contribution in [-0.2, 0) is 20.7 Å². The molecule has 1 aromatic rings. The summed E-state index contributed by atoms with van der Waals surface area (Å²) < 4.78 is 11.7. The molecule has 3 aliphatic rings. The number of likely N-dealkylation sites (tertiary alicyclic amines) is 1. The molecule has 4 atom stereocenters. The van der Waals surface area contributed by atoms with Gasteiger partial charge < -0.3 is 14.8 Å². The topological polar surface area (TPSA) is 50.8 Å². The SMILES string of the molecule is CCOCC(=O)NC[C@H]1[C@H]2CN(CCc3ccccc3)C[C@]23CC[C@H]1O3. The van der Waals surface area contributed by atoms with Gasteiger partial charge in [0, 0.05) is 44.6 Å². The zero-order valence-electron chi connectivity index (χ0n) is 15.7. The van der Waals surface area contributed by atoms with Gasteiger partial charge in [-0.1, -0.05) is 30.3 Å². The van der Waals surface area contributed by atoms with Crippen LogP contribution in [0.5, 0.6) is 0 Å². The van der Waals surface area contributed by atoms with Crippen molar-refractivity contribution in [3.63, 3.8) is 0 Å². The molecule has 1 N–H and O–H groups in total. The van der Waals surface area contributed by atoms with Crippen LogP contribution in [0.4, 0.5) is 0 Å². The van der Waals surface area contributed by atoms with Gasteiger partial charge in [0.05, 0.1) is 11.7 Å². The number of nitrogens with zero attached hydrogens (tertiary/aromatic N) is 1. The molecule has 0 radical (unpaired) electrons. The highest BCUT2D eigenvalue weighted by Gasteiger charge is 2.62. The Balaban J connectivity index is 1.32. The van der Waals surface area contributed by atoms with Crippen molar-refractivity contribution in [2.75, 3.05) is 39.4 Å². The summed E-state index contributed by atoms with van der Waals surface area (Å²) in [6.07, 6.45) is 3.72. The molecule has 2 bridgehead atoms. The molecule has 0 aromatic heterocycles. The van der Waals surface area contributed by atoms with Crippen molar-refractivity contribution in [2.24, 2.45) is 11.8 Å². The van der Waals surface area contributed by atoms with Crippen LogP contribution in [-0.4, -0.2) is 61.9 Å². The van der Waals surface area contributed by atoms with Gasteiger partial charge in [-0.3, -0.25) is 9.69 Å². The van der Waals surface area contributed by atoms with Gasteiger partial charge in [0.1, 0.15) is 6.61 Å². The van der Waals surface area contributed by atoms with Crippen molar-refractivity contribution in [3.8, 4) is 0 Å². The Bertz CT molecular complexity index is 623. The van der Waals surface area contributed by atoms with Gasteiger partial charge in [0.15, 0.2) is 0 Å². The molecular formula is C21H30N2O3. The van der Waals surface area contributed by atoms with Crippen molar-refractivity contribution in [3.05, 3.63) is 35.9 Å². The number of carbonyl (C=O) groups excluding carboxylic acids is 1. The number of hydrogen-bond donors (Lipinski definition) is 1. The second-order valence-corrected chi connectivity index (χ2v) is 7.94. The zero-order chi connectivity index (χ0) is 18.0. The Kier molecular flexibility index (Phi) is 5.30. The summed E-state index contributed by atoms with van der Waals surface area (Å²) in [6.45, 7) is 6.58. The van der Waals surface area contributed by atoms with Crippen molar-refractivity contribution in [1.29, 1.82) is 0 Å². The quantitative estimate of drug-likeness (QED) is 0.771. The van der Waals surface area contributed by atoms with E-state index in [1.165, 1.54) is 12.0 Å². The molecule has 0 unspecified atom stereocenters. The molecule has 0 saturated carbocycles. The summed E-state index contributed by atoms with van der Waals surface area (Å²) in [4.78, 5) is 14.5. The fourth-order valence-electron chi connectivity index (χ4n) is 5.14. The van der Waals surface area contributed by atoms with E-state index in [1.807, 2.05) is 6.92 Å². The molecule has 3 heterocycles. The maximum atomic E-state index is 11.9. The molecule has 26 heavy (non-hydrogen) atoms. The molecule has 142 valence electrons. The number of carbonyl (C=O) groups is 1. The minimum Gasteiger partial charge on any atom is -0.372 e. The second kappa shape index (κ2) is 7.67. The van der Waals surface area contributed by atoms with Crippen LogP contribution in [0.25, 0.3) is 0 Å². The Labute approximate surface area is 156 Å². The Morgan fingerprint density at radius 3 is 3.04 bits per heavy atom. The van der Waals surface area contributed by atoms with Gasteiger partial charge in [0.25, 0.3) is 0 Å². The Morgan fingerprint density at radius 1 is 1.38 bits per heavy atom. The summed E-state index contributed by atoms with van der Waals surface area (Å²) in [5, 5.41) is 3.06. The molecule has 1 aromatic carbocycles. The number of rotatable bonds is 8. The van der Waals surface area contributed by atoms with Gasteiger partial charge in [-0.05, 0) is 31.7 Å². The lowest BCUT2D eigenvalue weighted by molar-refractivity contribution is -0.125. The first-order valence-corrected chi connectivity index (χ1v) is 9.99. The highest BCUT2D eigenvalue weighted by molar-refractivity contribution is 5.77. The van der Waals surface area contributed by atoms with E-state index >= 15 is 0 Å². The van der Waals surface area contributed by atoms with E-state index in [0.29, 0.717) is 24.5 Å². The van der Waals surface area contributed by atoms with Gasteiger partial charge in [-0.2, -0.15) is 0 Å². The minimum absolute atomic E-state index is 0.0115. The number of ether oxygens (including phenoxy) is 2. The first-order valence-electron chi connectivity index (χ1n) is 9.99. The number of fused-ring (bicyclic) bond motifs is 1. The first kappa shape index (κ1) is 18.0. The third-order valence-corrected chi connectivity index (χ3v) is 6.39. The molecule has 3 fully saturated rings. The van der Waals surface area contributed by atoms with E-state index in [4.69, 9.17) is 9.47 Å². The van der Waals surface area contributed by atoms with Crippen LogP contribution >= 0.6 is 0 Å². The number of nitrogens with one attached hydrogen (secondary N) is 1. The predicted molar refractivity (Wildman–Crippen MR) is 99.9 cm³/mol. The first-order chi connectivity index (χ1) is 12.7. The van der Waals surface area contributed by atoms with Crippen molar-refractivity contribution >= 4 is 5.91 Å². The van der Waals surface area contributed by atoms with Gasteiger partial charge in [0.2, 0.25) is 5.91 Å². The number of benzene rings is 1. The van der Waals surface area contributed by atoms with E-state index in [0.717, 1.165) is 39.0 Å². The molecule has 1 spiro atoms. The zero-order valence-corrected chi connectivity index (χ0v) is 15.7. The number of amides is 1. The largest absolute Gasteiger partial charge is 0.372 e. The molecule has 5 heteroatoms. The lowest BCUT2D eigenvalue weighted by Crippen LogP contribution is -2.42. The fourth-order valence-corrected chi connectivity index (χ4v) is 5.14. The van der Waals surface area contributed by atoms with E-state index in [9.17, 15) is 4.79 Å². The number of hydrogen-bond acceptors (Lipinski definition) is 4. The Morgan fingerprint density at radius 2 is 2.23 bits per heavy atom. The van der Waals surface area contributed by atoms with Crippen LogP contribution in [0.1, 0.15) is 25.3 Å². The van der Waals surface area contributed by atoms with E-state index in [-0.39, 0.29) is 18.1 Å². The van der Waals surface area contributed by atoms with Gasteiger partial charge >= 0.3 is 0 Å². The van der Waals surface area contributed by atoms with Crippen LogP contribution in [0, 0.1) is 11.8 Å². The monoisotopic (exact) mass is 358 g/mol. The van der Waals surface area contributed by atoms with Crippen LogP contribution in [0.3, 0.4) is 0 Å². The minimum atomic E-state index is -0.0115. The molecule has 3 aliphatic heterocycles. The van der Waals surface area contributed by atoms with Crippen molar-refractivity contribution < 1.29 is 14.3 Å². The summed E-state index contributed by atoms with van der Waals surface area (Å²) in [6, 6.07) is 10.7. The standard InChI is InChI=1S/C21H30N2O3/c1-2-25-14-20(24)22-12-17-18-13-23(11-9-16-6-4-3-5-7-16)15-21(18)10-8-19(17)26-21/h3-7,17-19H,2,8-15H2,1H3,(H,22,24)/t17-,18+,19+,21+/m0/s1. The molecule has 4 rings (SSSR count). The van der Waals surface area contributed by atoms with E-state index in [1.54, 1.807) is 0 Å². The average Bonchev–Trinajstić information content (AvgIpc) is 3.32. The summed E-state index contributed by atoms with van der Waals surface area (Å²) >= 11 is 0. The normalized spacial score (nSPS) is 32.7. The van der Waals surface area contributed by atoms with Crippen molar-refractivity contribution in [2.45, 2.75) is 37.9 Å². The average molecular weight is 358 g/mol. The molecule has 3 saturated heterocycles.